The zero-order chi connectivity index (χ0) is 40.1. The monoisotopic (exact) mass is 797 g/mol. The van der Waals surface area contributed by atoms with E-state index in [4.69, 9.17) is 21.2 Å². The van der Waals surface area contributed by atoms with E-state index >= 15 is 8.78 Å². The van der Waals surface area contributed by atoms with Crippen LogP contribution in [0, 0.1) is 28.6 Å². The Morgan fingerprint density at radius 3 is 2.29 bits per heavy atom. The molecule has 0 aromatic heterocycles. The summed E-state index contributed by atoms with van der Waals surface area (Å²) >= 11 is 6.17. The Bertz CT molecular complexity index is 1660. The first-order valence-corrected chi connectivity index (χ1v) is 21.7. The molecular weight excluding hydrogens is 736 g/mol. The molecule has 10 heteroatoms. The van der Waals surface area contributed by atoms with Crippen LogP contribution < -0.4 is 5.06 Å². The van der Waals surface area contributed by atoms with Crippen molar-refractivity contribution in [2.45, 2.75) is 153 Å². The molecule has 1 N–H and O–H groups in total. The average molecular weight is 798 g/mol. The molecular formula is C46H62ClF2NO6. The molecule has 7 nitrogen and oxygen atoms in total. The Kier molecular flexibility index (Phi) is 13.7. The number of Topliss-reactive ketones (excluding diaryl/α,β-unsaturated/α-hetero) is 1. The second-order valence-corrected chi connectivity index (χ2v) is 18.0. The molecule has 1 aliphatic heterocycles. The lowest BCUT2D eigenvalue weighted by molar-refractivity contribution is -0.228. The summed E-state index contributed by atoms with van der Waals surface area (Å²) in [5, 5.41) is 14.1. The molecule has 0 spiro atoms. The fourth-order valence-electron chi connectivity index (χ4n) is 11.2. The van der Waals surface area contributed by atoms with Crippen molar-refractivity contribution >= 4 is 34.8 Å². The summed E-state index contributed by atoms with van der Waals surface area (Å²) in [4.78, 5) is 46.6. The lowest BCUT2D eigenvalue weighted by atomic mass is 9.44. The SMILES string of the molecule is CCCCCCCCC=CCCCCCCCC(=O)OCC(=O)C12ON(c3ccc(Cl)cc3)CC1CC1C3CC(F)C4=CC(=O)C=CC4(C)C3(F)C(O)CC12C. The van der Waals surface area contributed by atoms with E-state index in [0.29, 0.717) is 30.1 Å². The molecule has 9 unspecified atom stereocenters. The Labute approximate surface area is 337 Å². The van der Waals surface area contributed by atoms with Crippen molar-refractivity contribution in [3.8, 4) is 0 Å². The zero-order valence-electron chi connectivity index (χ0n) is 33.6. The molecule has 0 radical (unpaired) electrons. The predicted octanol–water partition coefficient (Wildman–Crippen LogP) is 10.5. The van der Waals surface area contributed by atoms with Crippen LogP contribution in [0.25, 0.3) is 0 Å². The molecule has 9 atom stereocenters. The molecule has 1 aromatic rings. The maximum absolute atomic E-state index is 17.9. The summed E-state index contributed by atoms with van der Waals surface area (Å²) in [6.45, 7) is 5.43. The maximum Gasteiger partial charge on any atom is 0.306 e. The van der Waals surface area contributed by atoms with Gasteiger partial charge in [-0.1, -0.05) is 95.0 Å². The van der Waals surface area contributed by atoms with E-state index in [1.807, 2.05) is 6.92 Å². The van der Waals surface area contributed by atoms with Gasteiger partial charge < -0.3 is 9.84 Å². The maximum atomic E-state index is 17.9. The Morgan fingerprint density at radius 2 is 1.61 bits per heavy atom. The Morgan fingerprint density at radius 1 is 0.964 bits per heavy atom. The highest BCUT2D eigenvalue weighted by molar-refractivity contribution is 6.30. The minimum Gasteiger partial charge on any atom is -0.458 e. The first-order valence-electron chi connectivity index (χ1n) is 21.3. The quantitative estimate of drug-likeness (QED) is 0.0846. The number of ketones is 2. The number of carbonyl (C=O) groups excluding carboxylic acids is 3. The third-order valence-corrected chi connectivity index (χ3v) is 14.4. The smallest absolute Gasteiger partial charge is 0.306 e. The number of carbonyl (C=O) groups is 3. The van der Waals surface area contributed by atoms with Crippen LogP contribution in [0.2, 0.25) is 5.02 Å². The number of hydrogen-bond donors (Lipinski definition) is 1. The summed E-state index contributed by atoms with van der Waals surface area (Å²) < 4.78 is 39.6. The van der Waals surface area contributed by atoms with Gasteiger partial charge in [0.25, 0.3) is 0 Å². The van der Waals surface area contributed by atoms with Crippen molar-refractivity contribution in [2.24, 2.45) is 28.6 Å². The molecule has 5 aliphatic rings. The highest BCUT2D eigenvalue weighted by Gasteiger charge is 2.79. The Balaban J connectivity index is 1.07. The molecule has 1 saturated heterocycles. The van der Waals surface area contributed by atoms with Gasteiger partial charge in [-0.15, -0.1) is 0 Å². The molecule has 6 rings (SSSR count). The van der Waals surface area contributed by atoms with Gasteiger partial charge in [0.15, 0.2) is 23.7 Å². The van der Waals surface area contributed by atoms with Crippen molar-refractivity contribution in [1.82, 2.24) is 0 Å². The van der Waals surface area contributed by atoms with E-state index in [2.05, 4.69) is 19.1 Å². The van der Waals surface area contributed by atoms with Crippen molar-refractivity contribution in [1.29, 1.82) is 0 Å². The number of unbranched alkanes of at least 4 members (excludes halogenated alkanes) is 11. The van der Waals surface area contributed by atoms with Crippen LogP contribution in [0.4, 0.5) is 14.5 Å². The summed E-state index contributed by atoms with van der Waals surface area (Å²) in [5.74, 6) is -3.25. The van der Waals surface area contributed by atoms with E-state index < -0.39 is 76.3 Å². The van der Waals surface area contributed by atoms with Crippen LogP contribution in [0.1, 0.15) is 130 Å². The molecule has 56 heavy (non-hydrogen) atoms. The number of hydrogen-bond acceptors (Lipinski definition) is 7. The Hall–Kier alpha value is -2.88. The van der Waals surface area contributed by atoms with Crippen molar-refractivity contribution in [2.75, 3.05) is 18.2 Å². The lowest BCUT2D eigenvalue weighted by Gasteiger charge is -2.63. The molecule has 1 heterocycles. The normalized spacial score (nSPS) is 34.6. The van der Waals surface area contributed by atoms with Crippen molar-refractivity contribution in [3.05, 3.63) is 65.2 Å². The van der Waals surface area contributed by atoms with Crippen LogP contribution in [-0.2, 0) is 24.0 Å². The van der Waals surface area contributed by atoms with Gasteiger partial charge in [0, 0.05) is 34.1 Å². The second-order valence-electron chi connectivity index (χ2n) is 17.6. The highest BCUT2D eigenvalue weighted by Crippen LogP contribution is 2.72. The molecule has 3 saturated carbocycles. The van der Waals surface area contributed by atoms with Crippen LogP contribution in [-0.4, -0.2) is 59.3 Å². The van der Waals surface area contributed by atoms with E-state index in [-0.39, 0.29) is 24.8 Å². The molecule has 308 valence electrons. The molecule has 4 aliphatic carbocycles. The minimum atomic E-state index is -2.28. The zero-order valence-corrected chi connectivity index (χ0v) is 34.3. The number of nitrogens with zero attached hydrogens (tertiary/aromatic N) is 1. The summed E-state index contributed by atoms with van der Waals surface area (Å²) in [6, 6.07) is 7.03. The number of aliphatic hydroxyl groups is 1. The van der Waals surface area contributed by atoms with Gasteiger partial charge >= 0.3 is 5.97 Å². The second kappa shape index (κ2) is 17.9. The standard InChI is InChI=1S/C46H62ClF2NO6/c1-4-5-6-7-8-9-10-11-12-13-14-15-16-17-18-19-42(54)55-31-41(53)46-32(30-50(56-46)34-22-20-33(47)21-23-34)26-36-37-28-39(48)38-27-35(51)24-25-43(38,2)45(37,49)40(52)29-44(36,46)3/h11-12,20-25,27,32,36-37,39-40,52H,4-10,13-19,26,28-31H2,1-3H3. The van der Waals surface area contributed by atoms with E-state index in [1.54, 1.807) is 36.3 Å². The number of hydroxylamine groups is 1. The van der Waals surface area contributed by atoms with E-state index in [0.717, 1.165) is 38.5 Å². The summed E-state index contributed by atoms with van der Waals surface area (Å²) in [6.07, 6.45) is 20.4. The fourth-order valence-corrected chi connectivity index (χ4v) is 11.3. The van der Waals surface area contributed by atoms with Gasteiger partial charge in [0.05, 0.1) is 18.3 Å². The third-order valence-electron chi connectivity index (χ3n) is 14.2. The third kappa shape index (κ3) is 7.95. The van der Waals surface area contributed by atoms with Crippen LogP contribution >= 0.6 is 11.6 Å². The number of benzene rings is 1. The molecule has 0 bridgehead atoms. The largest absolute Gasteiger partial charge is 0.458 e. The van der Waals surface area contributed by atoms with Crippen molar-refractivity contribution < 1.29 is 37.8 Å². The number of ether oxygens (including phenoxy) is 1. The summed E-state index contributed by atoms with van der Waals surface area (Å²) in [5.41, 5.74) is -5.78. The number of fused-ring (bicyclic) bond motifs is 7. The van der Waals surface area contributed by atoms with Crippen molar-refractivity contribution in [3.63, 3.8) is 0 Å². The number of alkyl halides is 2. The number of allylic oxidation sites excluding steroid dienone is 6. The first kappa shape index (κ1) is 42.7. The molecule has 4 fully saturated rings. The number of aliphatic hydroxyl groups excluding tert-OH is 1. The lowest BCUT2D eigenvalue weighted by Crippen LogP contribution is -2.70. The first-order chi connectivity index (χ1) is 26.8. The molecule has 1 aromatic carbocycles. The summed E-state index contributed by atoms with van der Waals surface area (Å²) in [7, 11) is 0. The van der Waals surface area contributed by atoms with Gasteiger partial charge in [-0.05, 0) is 106 Å². The highest BCUT2D eigenvalue weighted by atomic mass is 35.5. The molecule has 0 amide bonds. The van der Waals surface area contributed by atoms with Crippen LogP contribution in [0.5, 0.6) is 0 Å². The number of esters is 1. The van der Waals surface area contributed by atoms with Gasteiger partial charge in [-0.3, -0.25) is 24.3 Å². The fraction of sp³-hybridized carbons (Fsp3) is 0.674. The number of halogens is 3. The van der Waals surface area contributed by atoms with Gasteiger partial charge in [0.2, 0.25) is 5.78 Å². The van der Waals surface area contributed by atoms with E-state index in [9.17, 15) is 19.5 Å². The van der Waals surface area contributed by atoms with Crippen LogP contribution in [0.3, 0.4) is 0 Å². The van der Waals surface area contributed by atoms with E-state index in [1.165, 1.54) is 56.8 Å². The average Bonchev–Trinajstić information content (AvgIpc) is 3.67. The topological polar surface area (TPSA) is 93.1 Å². The predicted molar refractivity (Wildman–Crippen MR) is 216 cm³/mol. The van der Waals surface area contributed by atoms with Crippen LogP contribution in [0.15, 0.2) is 60.2 Å². The van der Waals surface area contributed by atoms with Gasteiger partial charge in [-0.2, -0.15) is 0 Å². The number of rotatable bonds is 19. The van der Waals surface area contributed by atoms with Gasteiger partial charge in [-0.25, -0.2) is 8.78 Å². The minimum absolute atomic E-state index is 0.0544. The van der Waals surface area contributed by atoms with Gasteiger partial charge in [0.1, 0.15) is 6.17 Å². The number of anilines is 1.